The van der Waals surface area contributed by atoms with Crippen molar-refractivity contribution in [3.05, 3.63) is 0 Å². The molecule has 5 heteroatoms. The smallest absolute Gasteiger partial charge is 0.338 e. The number of esters is 1. The maximum absolute atomic E-state index is 10.6. The Morgan fingerprint density at radius 3 is 2.45 bits per heavy atom. The molecule has 0 amide bonds. The van der Waals surface area contributed by atoms with Crippen LogP contribution in [-0.4, -0.2) is 45.7 Å². The Morgan fingerprint density at radius 2 is 2.27 bits per heavy atom. The van der Waals surface area contributed by atoms with Crippen LogP contribution in [0.3, 0.4) is 0 Å². The number of hydrogen-bond acceptors (Lipinski definition) is 5. The highest BCUT2D eigenvalue weighted by atomic mass is 16.6. The zero-order chi connectivity index (χ0) is 8.65. The molecule has 64 valence electrons. The van der Waals surface area contributed by atoms with Crippen LogP contribution in [0.2, 0.25) is 0 Å². The second-order valence-electron chi connectivity index (χ2n) is 2.63. The highest BCUT2D eigenvalue weighted by Crippen LogP contribution is 2.26. The molecule has 1 aliphatic rings. The largest absolute Gasteiger partial charge is 0.457 e. The third kappa shape index (κ3) is 1.01. The quantitative estimate of drug-likeness (QED) is 0.389. The zero-order valence-electron chi connectivity index (χ0n) is 6.02. The molecule has 1 saturated heterocycles. The van der Waals surface area contributed by atoms with E-state index < -0.39 is 30.4 Å². The number of hydrogen-bond donors (Lipinski definition) is 3. The molecule has 0 spiro atoms. The minimum Gasteiger partial charge on any atom is -0.457 e. The summed E-state index contributed by atoms with van der Waals surface area (Å²) in [7, 11) is 0. The minimum absolute atomic E-state index is 0.693. The maximum Gasteiger partial charge on any atom is 0.338 e. The summed E-state index contributed by atoms with van der Waals surface area (Å²) in [6.07, 6.45) is -2.50. The fourth-order valence-corrected chi connectivity index (χ4v) is 0.982. The number of aliphatic hydroxyl groups excluding tert-OH is 2. The van der Waals surface area contributed by atoms with Gasteiger partial charge in [0.05, 0.1) is 6.61 Å². The summed E-state index contributed by atoms with van der Waals surface area (Å²) >= 11 is 0. The van der Waals surface area contributed by atoms with Gasteiger partial charge in [-0.1, -0.05) is 0 Å². The molecule has 0 aromatic rings. The van der Waals surface area contributed by atoms with Crippen molar-refractivity contribution in [3.8, 4) is 0 Å². The average Bonchev–Trinajstić information content (AvgIpc) is 2.16. The van der Waals surface area contributed by atoms with Crippen molar-refractivity contribution in [2.24, 2.45) is 0 Å². The summed E-state index contributed by atoms with van der Waals surface area (Å²) < 4.78 is 4.48. The summed E-state index contributed by atoms with van der Waals surface area (Å²) in [6.45, 7) is 0.714. The van der Waals surface area contributed by atoms with Gasteiger partial charge in [-0.05, 0) is 6.92 Å². The van der Waals surface area contributed by atoms with Crippen LogP contribution >= 0.6 is 0 Å². The number of carbonyl (C=O) groups is 1. The molecule has 0 saturated carbocycles. The number of ether oxygens (including phenoxy) is 1. The van der Waals surface area contributed by atoms with Gasteiger partial charge in [-0.15, -0.1) is 0 Å². The monoisotopic (exact) mass is 162 g/mol. The van der Waals surface area contributed by atoms with Gasteiger partial charge in [0.15, 0.2) is 11.7 Å². The highest BCUT2D eigenvalue weighted by Gasteiger charge is 2.53. The fraction of sp³-hybridized carbons (Fsp3) is 0.833. The molecule has 5 nitrogen and oxygen atoms in total. The molecule has 0 radical (unpaired) electrons. The van der Waals surface area contributed by atoms with E-state index in [-0.39, 0.29) is 0 Å². The molecule has 1 rings (SSSR count). The molecular weight excluding hydrogens is 152 g/mol. The van der Waals surface area contributed by atoms with Crippen LogP contribution in [0.4, 0.5) is 0 Å². The Morgan fingerprint density at radius 1 is 1.73 bits per heavy atom. The van der Waals surface area contributed by atoms with Gasteiger partial charge >= 0.3 is 5.97 Å². The Hall–Kier alpha value is -0.650. The van der Waals surface area contributed by atoms with Crippen molar-refractivity contribution in [3.63, 3.8) is 0 Å². The van der Waals surface area contributed by atoms with Crippen LogP contribution in [0.25, 0.3) is 0 Å². The summed E-state index contributed by atoms with van der Waals surface area (Å²) in [5.41, 5.74) is -1.84. The van der Waals surface area contributed by atoms with Crippen molar-refractivity contribution in [2.45, 2.75) is 24.7 Å². The number of cyclic esters (lactones) is 1. The molecule has 0 aromatic heterocycles. The van der Waals surface area contributed by atoms with Crippen molar-refractivity contribution >= 4 is 5.97 Å². The number of carbonyl (C=O) groups excluding carboxylic acids is 1. The topological polar surface area (TPSA) is 87.0 Å². The third-order valence-electron chi connectivity index (χ3n) is 1.95. The van der Waals surface area contributed by atoms with Gasteiger partial charge in [-0.3, -0.25) is 0 Å². The van der Waals surface area contributed by atoms with E-state index in [2.05, 4.69) is 4.74 Å². The first-order valence-electron chi connectivity index (χ1n) is 3.24. The van der Waals surface area contributed by atoms with E-state index in [4.69, 9.17) is 10.2 Å². The first kappa shape index (κ1) is 8.45. The standard InChI is InChI=1S/C6H10O5/c1-3-6(10,2-7)4(8)5(9)11-3/h3-4,7-8,10H,2H2,1H3. The van der Waals surface area contributed by atoms with Crippen LogP contribution in [0, 0.1) is 0 Å². The molecule has 3 unspecified atom stereocenters. The normalized spacial score (nSPS) is 44.2. The summed E-state index contributed by atoms with van der Waals surface area (Å²) in [5.74, 6) is -0.894. The second kappa shape index (κ2) is 2.44. The van der Waals surface area contributed by atoms with E-state index in [1.807, 2.05) is 0 Å². The van der Waals surface area contributed by atoms with Crippen molar-refractivity contribution in [1.29, 1.82) is 0 Å². The van der Waals surface area contributed by atoms with Crippen molar-refractivity contribution in [2.75, 3.05) is 6.61 Å². The predicted octanol–water partition coefficient (Wildman–Crippen LogP) is -1.98. The van der Waals surface area contributed by atoms with E-state index in [1.54, 1.807) is 0 Å². The molecule has 0 bridgehead atoms. The van der Waals surface area contributed by atoms with Gasteiger partial charge in [-0.2, -0.15) is 0 Å². The minimum atomic E-state index is -1.84. The molecule has 3 N–H and O–H groups in total. The Kier molecular flexibility index (Phi) is 1.87. The molecule has 3 atom stereocenters. The summed E-state index contributed by atoms with van der Waals surface area (Å²) in [5, 5.41) is 27.0. The summed E-state index contributed by atoms with van der Waals surface area (Å²) in [4.78, 5) is 10.6. The van der Waals surface area contributed by atoms with Gasteiger partial charge in [0.2, 0.25) is 0 Å². The maximum atomic E-state index is 10.6. The lowest BCUT2D eigenvalue weighted by Crippen LogP contribution is -2.49. The SMILES string of the molecule is CC1OC(=O)C(O)C1(O)CO. The lowest BCUT2D eigenvalue weighted by atomic mass is 9.95. The zero-order valence-corrected chi connectivity index (χ0v) is 6.02. The van der Waals surface area contributed by atoms with E-state index in [9.17, 15) is 9.90 Å². The van der Waals surface area contributed by atoms with Gasteiger partial charge in [-0.25, -0.2) is 4.79 Å². The van der Waals surface area contributed by atoms with Gasteiger partial charge in [0.25, 0.3) is 0 Å². The Balaban J connectivity index is 2.87. The van der Waals surface area contributed by atoms with E-state index in [0.717, 1.165) is 0 Å². The Labute approximate surface area is 63.2 Å². The molecule has 11 heavy (non-hydrogen) atoms. The third-order valence-corrected chi connectivity index (χ3v) is 1.95. The van der Waals surface area contributed by atoms with Crippen LogP contribution in [0.15, 0.2) is 0 Å². The van der Waals surface area contributed by atoms with Gasteiger partial charge in [0, 0.05) is 0 Å². The lowest BCUT2D eigenvalue weighted by molar-refractivity contribution is -0.147. The van der Waals surface area contributed by atoms with Crippen molar-refractivity contribution in [1.82, 2.24) is 0 Å². The Bertz CT molecular complexity index is 180. The fourth-order valence-electron chi connectivity index (χ4n) is 0.982. The van der Waals surface area contributed by atoms with Gasteiger partial charge < -0.3 is 20.1 Å². The lowest BCUT2D eigenvalue weighted by Gasteiger charge is -2.23. The number of rotatable bonds is 1. The summed E-state index contributed by atoms with van der Waals surface area (Å²) in [6, 6.07) is 0. The first-order chi connectivity index (χ1) is 5.02. The molecule has 0 aliphatic carbocycles. The van der Waals surface area contributed by atoms with Crippen LogP contribution in [0.1, 0.15) is 6.92 Å². The van der Waals surface area contributed by atoms with Crippen molar-refractivity contribution < 1.29 is 24.9 Å². The van der Waals surface area contributed by atoms with Gasteiger partial charge in [0.1, 0.15) is 6.10 Å². The highest BCUT2D eigenvalue weighted by molar-refractivity contribution is 5.79. The first-order valence-corrected chi connectivity index (χ1v) is 3.24. The van der Waals surface area contributed by atoms with Crippen LogP contribution in [-0.2, 0) is 9.53 Å². The molecular formula is C6H10O5. The van der Waals surface area contributed by atoms with E-state index >= 15 is 0 Å². The number of aliphatic hydroxyl groups is 3. The second-order valence-corrected chi connectivity index (χ2v) is 2.63. The molecule has 0 aromatic carbocycles. The van der Waals surface area contributed by atoms with Crippen LogP contribution < -0.4 is 0 Å². The molecule has 1 heterocycles. The van der Waals surface area contributed by atoms with E-state index in [1.165, 1.54) is 6.92 Å². The van der Waals surface area contributed by atoms with E-state index in [0.29, 0.717) is 0 Å². The van der Waals surface area contributed by atoms with Crippen LogP contribution in [0.5, 0.6) is 0 Å². The average molecular weight is 162 g/mol. The molecule has 1 aliphatic heterocycles. The molecule has 1 fully saturated rings. The predicted molar refractivity (Wildman–Crippen MR) is 33.6 cm³/mol.